The van der Waals surface area contributed by atoms with Crippen LogP contribution >= 0.6 is 12.2 Å². The maximum absolute atomic E-state index is 13.0. The van der Waals surface area contributed by atoms with Crippen molar-refractivity contribution < 1.29 is 0 Å². The van der Waals surface area contributed by atoms with Gasteiger partial charge in [-0.3, -0.25) is 4.79 Å². The Hall–Kier alpha value is -2.66. The number of H-pyrrole nitrogens is 1. The molecular formula is C27H35N3OS. The van der Waals surface area contributed by atoms with Crippen molar-refractivity contribution in [1.29, 1.82) is 0 Å². The van der Waals surface area contributed by atoms with Crippen LogP contribution in [0.5, 0.6) is 0 Å². The van der Waals surface area contributed by atoms with Gasteiger partial charge in [-0.05, 0) is 85.6 Å². The van der Waals surface area contributed by atoms with E-state index in [0.717, 1.165) is 40.7 Å². The van der Waals surface area contributed by atoms with E-state index in [2.05, 4.69) is 74.1 Å². The Bertz CT molecular complexity index is 1150. The topological polar surface area (TPSA) is 48.1 Å². The first-order chi connectivity index (χ1) is 15.3. The van der Waals surface area contributed by atoms with Crippen molar-refractivity contribution in [2.75, 3.05) is 11.9 Å². The monoisotopic (exact) mass is 449 g/mol. The first-order valence-electron chi connectivity index (χ1n) is 11.5. The van der Waals surface area contributed by atoms with Gasteiger partial charge < -0.3 is 15.2 Å². The summed E-state index contributed by atoms with van der Waals surface area (Å²) >= 11 is 5.81. The second-order valence-electron chi connectivity index (χ2n) is 9.02. The van der Waals surface area contributed by atoms with Gasteiger partial charge in [0.2, 0.25) is 0 Å². The highest BCUT2D eigenvalue weighted by Crippen LogP contribution is 2.20. The molecule has 2 N–H and O–H groups in total. The van der Waals surface area contributed by atoms with E-state index < -0.39 is 0 Å². The zero-order valence-electron chi connectivity index (χ0n) is 19.9. The van der Waals surface area contributed by atoms with Crippen molar-refractivity contribution in [3.63, 3.8) is 0 Å². The van der Waals surface area contributed by atoms with Crippen molar-refractivity contribution in [3.8, 4) is 0 Å². The summed E-state index contributed by atoms with van der Waals surface area (Å²) in [6.45, 7) is 11.9. The smallest absolute Gasteiger partial charge is 0.253 e. The van der Waals surface area contributed by atoms with Crippen molar-refractivity contribution >= 4 is 33.9 Å². The Morgan fingerprint density at radius 3 is 2.66 bits per heavy atom. The molecule has 0 aliphatic carbocycles. The lowest BCUT2D eigenvalue weighted by Gasteiger charge is -2.29. The predicted molar refractivity (Wildman–Crippen MR) is 141 cm³/mol. The molecule has 4 nitrogen and oxygen atoms in total. The summed E-state index contributed by atoms with van der Waals surface area (Å²) in [5, 5.41) is 5.09. The fraction of sp³-hybridized carbons (Fsp3) is 0.407. The molecule has 0 fully saturated rings. The van der Waals surface area contributed by atoms with Gasteiger partial charge in [-0.25, -0.2) is 0 Å². The lowest BCUT2D eigenvalue weighted by molar-refractivity contribution is 0.332. The molecule has 0 saturated carbocycles. The Morgan fingerprint density at radius 1 is 1.16 bits per heavy atom. The molecule has 0 amide bonds. The average Bonchev–Trinajstić information content (AvgIpc) is 2.75. The minimum atomic E-state index is -0.0456. The van der Waals surface area contributed by atoms with Crippen LogP contribution in [0, 0.1) is 26.7 Å². The summed E-state index contributed by atoms with van der Waals surface area (Å²) in [6, 6.07) is 14.4. The zero-order valence-corrected chi connectivity index (χ0v) is 20.7. The van der Waals surface area contributed by atoms with E-state index >= 15 is 0 Å². The third-order valence-electron chi connectivity index (χ3n) is 6.13. The molecule has 0 aliphatic rings. The molecule has 0 spiro atoms. The highest BCUT2D eigenvalue weighted by Gasteiger charge is 2.17. The molecule has 1 atom stereocenters. The fourth-order valence-corrected chi connectivity index (χ4v) is 4.31. The summed E-state index contributed by atoms with van der Waals surface area (Å²) in [4.78, 5) is 18.2. The van der Waals surface area contributed by atoms with Crippen LogP contribution in [0.4, 0.5) is 5.69 Å². The second-order valence-corrected chi connectivity index (χ2v) is 9.41. The van der Waals surface area contributed by atoms with Gasteiger partial charge in [0, 0.05) is 17.8 Å². The number of nitrogens with one attached hydrogen (secondary N) is 2. The number of pyridine rings is 1. The highest BCUT2D eigenvalue weighted by atomic mass is 32.1. The molecule has 3 aromatic rings. The third-order valence-corrected chi connectivity index (χ3v) is 6.49. The molecule has 1 unspecified atom stereocenters. The summed E-state index contributed by atoms with van der Waals surface area (Å²) in [6.07, 6.45) is 3.52. The summed E-state index contributed by atoms with van der Waals surface area (Å²) in [5.74, 6) is 0.483. The van der Waals surface area contributed by atoms with Gasteiger partial charge in [0.15, 0.2) is 5.11 Å². The van der Waals surface area contributed by atoms with Gasteiger partial charge in [0.25, 0.3) is 5.56 Å². The van der Waals surface area contributed by atoms with Crippen molar-refractivity contribution in [2.24, 2.45) is 5.92 Å². The number of fused-ring (bicyclic) bond motifs is 1. The third kappa shape index (κ3) is 5.98. The van der Waals surface area contributed by atoms with Gasteiger partial charge in [0.1, 0.15) is 0 Å². The lowest BCUT2D eigenvalue weighted by atomic mass is 10.0. The largest absolute Gasteiger partial charge is 0.344 e. The van der Waals surface area contributed by atoms with E-state index in [0.29, 0.717) is 17.6 Å². The molecule has 3 rings (SSSR count). The number of benzene rings is 2. The average molecular weight is 450 g/mol. The molecule has 2 aromatic carbocycles. The van der Waals surface area contributed by atoms with Crippen molar-refractivity contribution in [3.05, 3.63) is 75.1 Å². The summed E-state index contributed by atoms with van der Waals surface area (Å²) < 4.78 is 0. The van der Waals surface area contributed by atoms with Gasteiger partial charge in [-0.1, -0.05) is 51.0 Å². The second kappa shape index (κ2) is 10.8. The van der Waals surface area contributed by atoms with E-state index in [1.165, 1.54) is 24.0 Å². The number of aromatic nitrogens is 1. The lowest BCUT2D eigenvalue weighted by Crippen LogP contribution is -2.38. The minimum Gasteiger partial charge on any atom is -0.344 e. The van der Waals surface area contributed by atoms with Gasteiger partial charge in [-0.15, -0.1) is 0 Å². The predicted octanol–water partition coefficient (Wildman–Crippen LogP) is 6.48. The Kier molecular flexibility index (Phi) is 8.08. The Morgan fingerprint density at radius 2 is 1.94 bits per heavy atom. The number of hydrogen-bond acceptors (Lipinski definition) is 2. The number of aromatic amines is 1. The molecule has 0 bridgehead atoms. The fourth-order valence-electron chi connectivity index (χ4n) is 4.06. The van der Waals surface area contributed by atoms with Crippen LogP contribution in [0.3, 0.4) is 0 Å². The number of hydrogen-bond donors (Lipinski definition) is 2. The van der Waals surface area contributed by atoms with E-state index in [1.54, 1.807) is 0 Å². The molecule has 170 valence electrons. The van der Waals surface area contributed by atoms with Crippen LogP contribution in [0.2, 0.25) is 0 Å². The van der Waals surface area contributed by atoms with Crippen molar-refractivity contribution in [2.45, 2.75) is 60.4 Å². The quantitative estimate of drug-likeness (QED) is 0.387. The standard InChI is InChI=1S/C27H35N3OS/c1-6-7-9-19(3)16-30(27(32)28-24-11-8-10-18(2)14-24)17-23-15-22-13-12-20(4)21(5)25(22)29-26(23)31/h8,10-15,19H,6-7,9,16-17H2,1-5H3,(H,28,32)(H,29,31). The van der Waals surface area contributed by atoms with Gasteiger partial charge in [0.05, 0.1) is 12.1 Å². The van der Waals surface area contributed by atoms with Crippen LogP contribution in [-0.2, 0) is 6.54 Å². The van der Waals surface area contributed by atoms with Gasteiger partial charge in [-0.2, -0.15) is 0 Å². The maximum Gasteiger partial charge on any atom is 0.253 e. The highest BCUT2D eigenvalue weighted by molar-refractivity contribution is 7.80. The Balaban J connectivity index is 1.89. The zero-order chi connectivity index (χ0) is 23.3. The van der Waals surface area contributed by atoms with E-state index in [1.807, 2.05) is 18.2 Å². The van der Waals surface area contributed by atoms with Crippen LogP contribution in [0.1, 0.15) is 55.4 Å². The maximum atomic E-state index is 13.0. The minimum absolute atomic E-state index is 0.0456. The molecule has 0 saturated heterocycles. The first-order valence-corrected chi connectivity index (χ1v) is 11.9. The van der Waals surface area contributed by atoms with E-state index in [9.17, 15) is 4.79 Å². The molecular weight excluding hydrogens is 414 g/mol. The number of thiocarbonyl (C=S) groups is 1. The number of aryl methyl sites for hydroxylation is 3. The number of anilines is 1. The molecule has 5 heteroatoms. The summed E-state index contributed by atoms with van der Waals surface area (Å²) in [7, 11) is 0. The van der Waals surface area contributed by atoms with Crippen LogP contribution in [0.15, 0.2) is 47.3 Å². The summed E-state index contributed by atoms with van der Waals surface area (Å²) in [5.41, 5.74) is 6.05. The molecule has 0 aliphatic heterocycles. The van der Waals surface area contributed by atoms with Gasteiger partial charge >= 0.3 is 0 Å². The van der Waals surface area contributed by atoms with Crippen molar-refractivity contribution in [1.82, 2.24) is 9.88 Å². The molecule has 1 aromatic heterocycles. The van der Waals surface area contributed by atoms with E-state index in [4.69, 9.17) is 12.2 Å². The Labute approximate surface area is 197 Å². The SMILES string of the molecule is CCCCC(C)CN(Cc1cc2ccc(C)c(C)c2[nH]c1=O)C(=S)Nc1cccc(C)c1. The normalized spacial score (nSPS) is 12.0. The molecule has 1 heterocycles. The van der Waals surface area contributed by atoms with Crippen LogP contribution in [0.25, 0.3) is 10.9 Å². The van der Waals surface area contributed by atoms with Crippen LogP contribution < -0.4 is 10.9 Å². The first kappa shape index (κ1) is 24.0. The van der Waals surface area contributed by atoms with Crippen LogP contribution in [-0.4, -0.2) is 21.5 Å². The molecule has 32 heavy (non-hydrogen) atoms. The number of unbranched alkanes of at least 4 members (excludes halogenated alkanes) is 1. The molecule has 0 radical (unpaired) electrons. The number of nitrogens with zero attached hydrogens (tertiary/aromatic N) is 1. The number of rotatable bonds is 8. The van der Waals surface area contributed by atoms with E-state index in [-0.39, 0.29) is 5.56 Å².